The number of imidazole rings is 1. The molecule has 0 atom stereocenters. The van der Waals surface area contributed by atoms with E-state index in [2.05, 4.69) is 26.2 Å². The SMILES string of the molecule is Cc1noc(C)c1Cn1cc(-n2c(O)cn(Cc3cccc(CBr)c3)c2=O)cn1. The zero-order valence-corrected chi connectivity index (χ0v) is 17.6. The molecule has 0 saturated heterocycles. The predicted octanol–water partition coefficient (Wildman–Crippen LogP) is 3.14. The lowest BCUT2D eigenvalue weighted by Crippen LogP contribution is -2.23. The van der Waals surface area contributed by atoms with Crippen molar-refractivity contribution in [3.63, 3.8) is 0 Å². The molecule has 3 aromatic heterocycles. The number of halogens is 1. The maximum atomic E-state index is 12.9. The molecule has 0 aliphatic heterocycles. The molecule has 0 radical (unpaired) electrons. The minimum atomic E-state index is -0.330. The molecular weight excluding hydrogens is 438 g/mol. The van der Waals surface area contributed by atoms with Crippen LogP contribution in [0.5, 0.6) is 5.88 Å². The summed E-state index contributed by atoms with van der Waals surface area (Å²) in [6, 6.07) is 7.94. The molecule has 1 aromatic carbocycles. The first kappa shape index (κ1) is 19.3. The second-order valence-electron chi connectivity index (χ2n) is 6.89. The second kappa shape index (κ2) is 7.75. The van der Waals surface area contributed by atoms with Gasteiger partial charge in [0, 0.05) is 17.1 Å². The summed E-state index contributed by atoms with van der Waals surface area (Å²) in [5.74, 6) is 0.597. The number of hydrogen-bond acceptors (Lipinski definition) is 5. The molecule has 0 fully saturated rings. The molecule has 9 heteroatoms. The standard InChI is InChI=1S/C20H20BrN5O3/c1-13-18(14(2)29-23-13)11-25-10-17(8-22-25)26-19(27)12-24(20(26)28)9-16-5-3-4-15(6-16)7-21/h3-6,8,10,12,27H,7,9,11H2,1-2H3. The van der Waals surface area contributed by atoms with Gasteiger partial charge >= 0.3 is 5.69 Å². The van der Waals surface area contributed by atoms with E-state index in [0.717, 1.165) is 33.5 Å². The highest BCUT2D eigenvalue weighted by atomic mass is 79.9. The van der Waals surface area contributed by atoms with Crippen LogP contribution >= 0.6 is 15.9 Å². The van der Waals surface area contributed by atoms with E-state index in [-0.39, 0.29) is 11.6 Å². The quantitative estimate of drug-likeness (QED) is 0.449. The van der Waals surface area contributed by atoms with Gasteiger partial charge in [-0.15, -0.1) is 0 Å². The van der Waals surface area contributed by atoms with Crippen LogP contribution in [0.4, 0.5) is 0 Å². The zero-order chi connectivity index (χ0) is 20.5. The van der Waals surface area contributed by atoms with Crippen LogP contribution in [-0.2, 0) is 18.4 Å². The van der Waals surface area contributed by atoms with Crippen LogP contribution < -0.4 is 5.69 Å². The lowest BCUT2D eigenvalue weighted by atomic mass is 10.1. The molecule has 0 unspecified atom stereocenters. The lowest BCUT2D eigenvalue weighted by molar-refractivity contribution is 0.391. The summed E-state index contributed by atoms with van der Waals surface area (Å²) in [6.45, 7) is 4.56. The van der Waals surface area contributed by atoms with Crippen molar-refractivity contribution in [2.75, 3.05) is 0 Å². The summed E-state index contributed by atoms with van der Waals surface area (Å²) >= 11 is 3.44. The molecule has 0 spiro atoms. The van der Waals surface area contributed by atoms with Crippen molar-refractivity contribution < 1.29 is 9.63 Å². The number of rotatable bonds is 6. The monoisotopic (exact) mass is 457 g/mol. The first-order chi connectivity index (χ1) is 14.0. The van der Waals surface area contributed by atoms with Crippen LogP contribution in [0.1, 0.15) is 28.1 Å². The Bertz CT molecular complexity index is 1200. The Morgan fingerprint density at radius 3 is 2.69 bits per heavy atom. The van der Waals surface area contributed by atoms with Crippen molar-refractivity contribution in [2.24, 2.45) is 0 Å². The van der Waals surface area contributed by atoms with E-state index in [0.29, 0.717) is 18.8 Å². The summed E-state index contributed by atoms with van der Waals surface area (Å²) < 4.78 is 9.59. The van der Waals surface area contributed by atoms with E-state index in [1.165, 1.54) is 15.3 Å². The van der Waals surface area contributed by atoms with Gasteiger partial charge in [-0.05, 0) is 25.0 Å². The number of aryl methyl sites for hydroxylation is 2. The molecule has 0 aliphatic rings. The summed E-state index contributed by atoms with van der Waals surface area (Å²) in [6.07, 6.45) is 4.70. The molecular formula is C20H20BrN5O3. The average molecular weight is 458 g/mol. The van der Waals surface area contributed by atoms with Crippen molar-refractivity contribution >= 4 is 15.9 Å². The molecule has 29 heavy (non-hydrogen) atoms. The first-order valence-corrected chi connectivity index (χ1v) is 10.2. The Morgan fingerprint density at radius 2 is 1.97 bits per heavy atom. The van der Waals surface area contributed by atoms with Gasteiger partial charge in [0.2, 0.25) is 5.88 Å². The number of aromatic nitrogens is 5. The van der Waals surface area contributed by atoms with Gasteiger partial charge in [-0.3, -0.25) is 9.25 Å². The Kier molecular flexibility index (Phi) is 5.14. The summed E-state index contributed by atoms with van der Waals surface area (Å²) in [5.41, 5.74) is 4.02. The number of nitrogens with zero attached hydrogens (tertiary/aromatic N) is 5. The van der Waals surface area contributed by atoms with Gasteiger partial charge in [-0.1, -0.05) is 45.4 Å². The number of alkyl halides is 1. The Labute approximate surface area is 175 Å². The van der Waals surface area contributed by atoms with Crippen molar-refractivity contribution in [2.45, 2.75) is 32.3 Å². The predicted molar refractivity (Wildman–Crippen MR) is 111 cm³/mol. The van der Waals surface area contributed by atoms with Gasteiger partial charge in [-0.25, -0.2) is 9.36 Å². The molecule has 8 nitrogen and oxygen atoms in total. The molecule has 0 saturated carbocycles. The van der Waals surface area contributed by atoms with Crippen LogP contribution in [0.3, 0.4) is 0 Å². The topological polar surface area (TPSA) is 91.0 Å². The Balaban J connectivity index is 1.61. The van der Waals surface area contributed by atoms with Crippen LogP contribution in [0.2, 0.25) is 0 Å². The van der Waals surface area contributed by atoms with E-state index < -0.39 is 0 Å². The second-order valence-corrected chi connectivity index (χ2v) is 7.45. The van der Waals surface area contributed by atoms with Gasteiger partial charge < -0.3 is 9.63 Å². The van der Waals surface area contributed by atoms with Crippen LogP contribution in [0, 0.1) is 13.8 Å². The molecule has 0 aliphatic carbocycles. The fourth-order valence-electron chi connectivity index (χ4n) is 3.29. The van der Waals surface area contributed by atoms with E-state index >= 15 is 0 Å². The fourth-order valence-corrected chi connectivity index (χ4v) is 3.64. The third-order valence-corrected chi connectivity index (χ3v) is 5.46. The van der Waals surface area contributed by atoms with Crippen molar-refractivity contribution in [3.8, 4) is 11.6 Å². The minimum absolute atomic E-state index is 0.136. The van der Waals surface area contributed by atoms with Gasteiger partial charge in [-0.2, -0.15) is 5.10 Å². The van der Waals surface area contributed by atoms with E-state index in [1.807, 2.05) is 38.1 Å². The number of aromatic hydroxyl groups is 1. The van der Waals surface area contributed by atoms with Gasteiger partial charge in [0.25, 0.3) is 0 Å². The highest BCUT2D eigenvalue weighted by Crippen LogP contribution is 2.18. The average Bonchev–Trinajstić information content (AvgIpc) is 3.37. The van der Waals surface area contributed by atoms with Crippen LogP contribution in [0.25, 0.3) is 5.69 Å². The van der Waals surface area contributed by atoms with Gasteiger partial charge in [0.1, 0.15) is 5.76 Å². The Morgan fingerprint density at radius 1 is 1.17 bits per heavy atom. The molecule has 3 heterocycles. The summed E-state index contributed by atoms with van der Waals surface area (Å²) in [5, 5.41) is 19.4. The maximum Gasteiger partial charge on any atom is 0.336 e. The third-order valence-electron chi connectivity index (χ3n) is 4.82. The Hall–Kier alpha value is -3.07. The highest BCUT2D eigenvalue weighted by molar-refractivity contribution is 9.08. The van der Waals surface area contributed by atoms with Crippen LogP contribution in [0.15, 0.2) is 52.2 Å². The number of benzene rings is 1. The molecule has 0 bridgehead atoms. The summed E-state index contributed by atoms with van der Waals surface area (Å²) in [4.78, 5) is 12.9. The van der Waals surface area contributed by atoms with Crippen molar-refractivity contribution in [3.05, 3.63) is 81.5 Å². The normalized spacial score (nSPS) is 11.3. The largest absolute Gasteiger partial charge is 0.493 e. The molecule has 0 amide bonds. The smallest absolute Gasteiger partial charge is 0.336 e. The highest BCUT2D eigenvalue weighted by Gasteiger charge is 2.16. The van der Waals surface area contributed by atoms with Crippen molar-refractivity contribution in [1.82, 2.24) is 24.1 Å². The van der Waals surface area contributed by atoms with E-state index in [4.69, 9.17) is 4.52 Å². The first-order valence-electron chi connectivity index (χ1n) is 9.05. The lowest BCUT2D eigenvalue weighted by Gasteiger charge is -2.04. The van der Waals surface area contributed by atoms with E-state index in [9.17, 15) is 9.90 Å². The molecule has 4 rings (SSSR count). The van der Waals surface area contributed by atoms with E-state index in [1.54, 1.807) is 17.1 Å². The minimum Gasteiger partial charge on any atom is -0.493 e. The van der Waals surface area contributed by atoms with Gasteiger partial charge in [0.05, 0.1) is 36.9 Å². The molecule has 1 N–H and O–H groups in total. The molecule has 150 valence electrons. The number of hydrogen-bond donors (Lipinski definition) is 1. The van der Waals surface area contributed by atoms with Crippen LogP contribution in [-0.4, -0.2) is 29.2 Å². The summed E-state index contributed by atoms with van der Waals surface area (Å²) in [7, 11) is 0. The van der Waals surface area contributed by atoms with Crippen molar-refractivity contribution in [1.29, 1.82) is 0 Å². The van der Waals surface area contributed by atoms with Gasteiger partial charge in [0.15, 0.2) is 0 Å². The zero-order valence-electron chi connectivity index (χ0n) is 16.0. The third kappa shape index (κ3) is 3.77. The fraction of sp³-hybridized carbons (Fsp3) is 0.250. The maximum absolute atomic E-state index is 12.9. The molecule has 4 aromatic rings.